The molecule has 9 N–H and O–H groups in total. The molecular weight excluding hydrogens is 720 g/mol. The van der Waals surface area contributed by atoms with Crippen molar-refractivity contribution in [2.45, 2.75) is 116 Å². The lowest BCUT2D eigenvalue weighted by molar-refractivity contribution is -0.163. The lowest BCUT2D eigenvalue weighted by Crippen LogP contribution is -2.60. The fourth-order valence-electron chi connectivity index (χ4n) is 5.36. The Hall–Kier alpha value is -4.65. The van der Waals surface area contributed by atoms with Crippen LogP contribution in [0.15, 0.2) is 24.3 Å². The molecule has 0 aromatic heterocycles. The highest BCUT2D eigenvalue weighted by Crippen LogP contribution is 2.20. The van der Waals surface area contributed by atoms with E-state index in [2.05, 4.69) is 10.6 Å². The molecule has 0 saturated carbocycles. The van der Waals surface area contributed by atoms with Gasteiger partial charge < -0.3 is 46.9 Å². The number of aryl methyl sites for hydroxylation is 1. The van der Waals surface area contributed by atoms with Crippen molar-refractivity contribution in [1.82, 2.24) is 20.4 Å². The molecule has 1 aromatic rings. The fourth-order valence-corrected chi connectivity index (χ4v) is 5.36. The monoisotopic (exact) mass is 780 g/mol. The Labute approximate surface area is 322 Å². The zero-order valence-corrected chi connectivity index (χ0v) is 33.1. The van der Waals surface area contributed by atoms with Gasteiger partial charge in [-0.3, -0.25) is 28.9 Å². The molecular formula is C37H60N6O12. The van der Waals surface area contributed by atoms with Gasteiger partial charge in [-0.15, -0.1) is 0 Å². The molecule has 0 aliphatic carbocycles. The van der Waals surface area contributed by atoms with Crippen LogP contribution in [0.2, 0.25) is 0 Å². The summed E-state index contributed by atoms with van der Waals surface area (Å²) in [5.74, 6) is -7.03. The zero-order valence-electron chi connectivity index (χ0n) is 33.1. The van der Waals surface area contributed by atoms with Gasteiger partial charge in [0, 0.05) is 25.5 Å². The number of methoxy groups -OCH3 is 1. The van der Waals surface area contributed by atoms with Gasteiger partial charge in [-0.25, -0.2) is 14.5 Å². The molecule has 1 unspecified atom stereocenters. The predicted molar refractivity (Wildman–Crippen MR) is 200 cm³/mol. The number of hydrogen-bond donors (Lipinski definition) is 7. The van der Waals surface area contributed by atoms with Crippen LogP contribution >= 0.6 is 0 Å². The number of carbonyl (C=O) groups is 7. The van der Waals surface area contributed by atoms with Crippen molar-refractivity contribution >= 4 is 41.6 Å². The van der Waals surface area contributed by atoms with Crippen molar-refractivity contribution in [3.8, 4) is 5.75 Å². The third-order valence-corrected chi connectivity index (χ3v) is 8.57. The van der Waals surface area contributed by atoms with E-state index in [1.165, 1.54) is 34.6 Å². The maximum Gasteiger partial charge on any atom is 0.417 e. The molecule has 55 heavy (non-hydrogen) atoms. The standard InChI is InChI=1S/C37H60N6O12/c1-21(2)30(35(52)54-8)43(28(47)13-11-9-10-12-24-14-16-26(46)17-15-24)34(51)29(39)25(19-44)18-40-31(48)23(4)42(36(53)55-37(5,6)7)33(50)22(3)41-32(49)27(38)20-45/h14-17,21-23,25,27,29-30,44-46H,9-13,18-20,38-39H2,1-8H3,(H,40,48)(H,41,49)/t22-,23-,25?,27-,29-,30-/m0/s1. The van der Waals surface area contributed by atoms with E-state index < -0.39 is 109 Å². The first-order chi connectivity index (χ1) is 25.6. The summed E-state index contributed by atoms with van der Waals surface area (Å²) in [6.45, 7) is 8.35. The summed E-state index contributed by atoms with van der Waals surface area (Å²) in [4.78, 5) is 93.9. The molecule has 1 aromatic carbocycles. The average molecular weight is 781 g/mol. The molecule has 0 fully saturated rings. The molecule has 6 amide bonds. The highest BCUT2D eigenvalue weighted by Gasteiger charge is 2.42. The highest BCUT2D eigenvalue weighted by molar-refractivity contribution is 6.02. The number of benzene rings is 1. The minimum Gasteiger partial charge on any atom is -0.508 e. The van der Waals surface area contributed by atoms with Crippen molar-refractivity contribution < 1.29 is 58.4 Å². The van der Waals surface area contributed by atoms with Gasteiger partial charge >= 0.3 is 12.1 Å². The van der Waals surface area contributed by atoms with Gasteiger partial charge in [0.1, 0.15) is 35.5 Å². The normalized spacial score (nSPS) is 14.7. The molecule has 0 heterocycles. The zero-order chi connectivity index (χ0) is 42.2. The Bertz CT molecular complexity index is 1470. The maximum atomic E-state index is 13.9. The number of hydrogen-bond acceptors (Lipinski definition) is 14. The molecule has 18 heteroatoms. The Morgan fingerprint density at radius 3 is 1.95 bits per heavy atom. The number of carbonyl (C=O) groups excluding carboxylic acids is 7. The van der Waals surface area contributed by atoms with Crippen LogP contribution < -0.4 is 22.1 Å². The second-order valence-electron chi connectivity index (χ2n) is 14.6. The SMILES string of the molecule is COC(=O)[C@H](C(C)C)N(C(=O)CCCCCc1ccc(O)cc1)C(=O)[C@@H](N)C(CO)CNC(=O)[C@H](C)N(C(=O)OC(C)(C)C)C(=O)[C@H](C)NC(=O)[C@@H](N)CO. The van der Waals surface area contributed by atoms with Crippen LogP contribution in [-0.4, -0.2) is 129 Å². The van der Waals surface area contributed by atoms with E-state index in [-0.39, 0.29) is 12.2 Å². The third-order valence-electron chi connectivity index (χ3n) is 8.57. The molecule has 1 rings (SSSR count). The lowest BCUT2D eigenvalue weighted by Gasteiger charge is -2.34. The maximum absolute atomic E-state index is 13.9. The number of phenols is 1. The fraction of sp³-hybridized carbons (Fsp3) is 0.649. The second kappa shape index (κ2) is 22.7. The van der Waals surface area contributed by atoms with Crippen molar-refractivity contribution in [3.05, 3.63) is 29.8 Å². The van der Waals surface area contributed by atoms with Crippen LogP contribution in [0.4, 0.5) is 4.79 Å². The van der Waals surface area contributed by atoms with Crippen LogP contribution in [0.25, 0.3) is 0 Å². The second-order valence-corrected chi connectivity index (χ2v) is 14.6. The molecule has 310 valence electrons. The summed E-state index contributed by atoms with van der Waals surface area (Å²) in [6.07, 6.45) is 1.08. The summed E-state index contributed by atoms with van der Waals surface area (Å²) in [6, 6.07) is -0.508. The first-order valence-electron chi connectivity index (χ1n) is 18.2. The summed E-state index contributed by atoms with van der Waals surface area (Å²) >= 11 is 0. The predicted octanol–water partition coefficient (Wildman–Crippen LogP) is 0.0764. The number of nitrogens with one attached hydrogen (secondary N) is 2. The quantitative estimate of drug-likeness (QED) is 0.0682. The van der Waals surface area contributed by atoms with Gasteiger partial charge in [-0.2, -0.15) is 0 Å². The Balaban J connectivity index is 3.20. The van der Waals surface area contributed by atoms with Crippen LogP contribution in [0, 0.1) is 11.8 Å². The van der Waals surface area contributed by atoms with Gasteiger partial charge in [-0.1, -0.05) is 32.4 Å². The number of unbranched alkanes of at least 4 members (excludes halogenated alkanes) is 2. The smallest absolute Gasteiger partial charge is 0.417 e. The first kappa shape index (κ1) is 48.4. The summed E-state index contributed by atoms with van der Waals surface area (Å²) in [5, 5.41) is 33.7. The lowest BCUT2D eigenvalue weighted by atomic mass is 9.95. The number of nitrogens with zero attached hydrogens (tertiary/aromatic N) is 2. The third kappa shape index (κ3) is 15.2. The summed E-state index contributed by atoms with van der Waals surface area (Å²) in [7, 11) is 1.12. The number of esters is 1. The largest absolute Gasteiger partial charge is 0.508 e. The number of aliphatic hydroxyl groups excluding tert-OH is 2. The molecule has 0 aliphatic rings. The van der Waals surface area contributed by atoms with E-state index in [9.17, 15) is 48.9 Å². The van der Waals surface area contributed by atoms with E-state index in [1.807, 2.05) is 0 Å². The molecule has 0 saturated heterocycles. The van der Waals surface area contributed by atoms with Gasteiger partial charge in [0.15, 0.2) is 0 Å². The van der Waals surface area contributed by atoms with Crippen LogP contribution in [0.5, 0.6) is 5.75 Å². The number of aromatic hydroxyl groups is 1. The number of rotatable bonds is 20. The molecule has 18 nitrogen and oxygen atoms in total. The molecule has 0 aliphatic heterocycles. The minimum atomic E-state index is -1.61. The van der Waals surface area contributed by atoms with E-state index in [4.69, 9.17) is 20.9 Å². The van der Waals surface area contributed by atoms with E-state index >= 15 is 0 Å². The van der Waals surface area contributed by atoms with Gasteiger partial charge in [0.2, 0.25) is 23.6 Å². The van der Waals surface area contributed by atoms with Crippen LogP contribution in [0.1, 0.15) is 79.7 Å². The molecule has 6 atom stereocenters. The number of nitrogens with two attached hydrogens (primary N) is 2. The highest BCUT2D eigenvalue weighted by atomic mass is 16.6. The molecule has 0 spiro atoms. The topological polar surface area (TPSA) is 281 Å². The summed E-state index contributed by atoms with van der Waals surface area (Å²) in [5.41, 5.74) is 11.7. The molecule has 0 bridgehead atoms. The Morgan fingerprint density at radius 1 is 0.836 bits per heavy atom. The number of aliphatic hydroxyl groups is 2. The average Bonchev–Trinajstić information content (AvgIpc) is 3.12. The molecule has 0 radical (unpaired) electrons. The van der Waals surface area contributed by atoms with Crippen molar-refractivity contribution in [2.75, 3.05) is 26.9 Å². The van der Waals surface area contributed by atoms with Crippen molar-refractivity contribution in [2.24, 2.45) is 23.3 Å². The van der Waals surface area contributed by atoms with Crippen molar-refractivity contribution in [3.63, 3.8) is 0 Å². The van der Waals surface area contributed by atoms with Crippen LogP contribution in [-0.2, 0) is 44.7 Å². The number of imide groups is 2. The van der Waals surface area contributed by atoms with Crippen LogP contribution in [0.3, 0.4) is 0 Å². The summed E-state index contributed by atoms with van der Waals surface area (Å²) < 4.78 is 10.3. The number of amides is 6. The Kier molecular flexibility index (Phi) is 19.9. The van der Waals surface area contributed by atoms with Gasteiger partial charge in [0.05, 0.1) is 19.8 Å². The number of phenolic OH excluding ortho intramolecular Hbond substituents is 1. The van der Waals surface area contributed by atoms with E-state index in [0.717, 1.165) is 17.6 Å². The Morgan fingerprint density at radius 2 is 1.44 bits per heavy atom. The minimum absolute atomic E-state index is 0.106. The van der Waals surface area contributed by atoms with E-state index in [1.54, 1.807) is 38.1 Å². The van der Waals surface area contributed by atoms with E-state index in [0.29, 0.717) is 30.6 Å². The number of ether oxygens (including phenoxy) is 2. The first-order valence-corrected chi connectivity index (χ1v) is 18.2. The van der Waals surface area contributed by atoms with Crippen molar-refractivity contribution in [1.29, 1.82) is 0 Å². The van der Waals surface area contributed by atoms with Gasteiger partial charge in [0.25, 0.3) is 5.91 Å². The van der Waals surface area contributed by atoms with Gasteiger partial charge in [-0.05, 0) is 77.5 Å².